The van der Waals surface area contributed by atoms with Gasteiger partial charge in [0, 0.05) is 14.8 Å². The molecule has 0 atom stereocenters. The Morgan fingerprint density at radius 3 is 2.06 bits per heavy atom. The van der Waals surface area contributed by atoms with Gasteiger partial charge in [-0.05, 0) is 60.7 Å². The lowest BCUT2D eigenvalue weighted by Gasteiger charge is -2.24. The van der Waals surface area contributed by atoms with Gasteiger partial charge in [-0.2, -0.15) is 0 Å². The molecular formula is C26H21ClN2O3S2. The number of carbonyl (C=O) groups is 1. The normalized spacial score (nSPS) is 11.1. The molecule has 4 aromatic rings. The van der Waals surface area contributed by atoms with Gasteiger partial charge in [0.15, 0.2) is 0 Å². The van der Waals surface area contributed by atoms with Crippen molar-refractivity contribution in [1.29, 1.82) is 0 Å². The van der Waals surface area contributed by atoms with Crippen LogP contribution in [0.25, 0.3) is 0 Å². The van der Waals surface area contributed by atoms with E-state index in [0.29, 0.717) is 16.4 Å². The van der Waals surface area contributed by atoms with Crippen LogP contribution in [0.4, 0.5) is 11.4 Å². The highest BCUT2D eigenvalue weighted by Crippen LogP contribution is 2.33. The van der Waals surface area contributed by atoms with Crippen molar-refractivity contribution in [2.24, 2.45) is 0 Å². The Morgan fingerprint density at radius 2 is 1.38 bits per heavy atom. The van der Waals surface area contributed by atoms with Crippen molar-refractivity contribution in [2.45, 2.75) is 14.7 Å². The minimum absolute atomic E-state index is 0.0496. The van der Waals surface area contributed by atoms with Crippen LogP contribution in [0.3, 0.4) is 0 Å². The lowest BCUT2D eigenvalue weighted by Crippen LogP contribution is -2.38. The van der Waals surface area contributed by atoms with E-state index < -0.39 is 15.9 Å². The third-order valence-electron chi connectivity index (χ3n) is 4.87. The maximum Gasteiger partial charge on any atom is 0.264 e. The fraction of sp³-hybridized carbons (Fsp3) is 0.0385. The van der Waals surface area contributed by atoms with Gasteiger partial charge in [0.1, 0.15) is 6.54 Å². The molecule has 0 unspecified atom stereocenters. The predicted molar refractivity (Wildman–Crippen MR) is 138 cm³/mol. The van der Waals surface area contributed by atoms with Crippen LogP contribution in [0, 0.1) is 0 Å². The van der Waals surface area contributed by atoms with E-state index in [-0.39, 0.29) is 11.4 Å². The zero-order chi connectivity index (χ0) is 24.0. The van der Waals surface area contributed by atoms with Gasteiger partial charge < -0.3 is 5.32 Å². The van der Waals surface area contributed by atoms with E-state index in [4.69, 9.17) is 11.6 Å². The van der Waals surface area contributed by atoms with E-state index in [1.807, 2.05) is 48.5 Å². The molecule has 0 aliphatic heterocycles. The molecule has 8 heteroatoms. The SMILES string of the molecule is O=C(CN(c1ccccc1)S(=O)(=O)c1ccc(Cl)cc1)Nc1ccccc1Sc1ccccc1. The molecule has 0 spiro atoms. The molecule has 34 heavy (non-hydrogen) atoms. The summed E-state index contributed by atoms with van der Waals surface area (Å²) in [6.45, 7) is -0.390. The molecule has 0 aromatic heterocycles. The number of para-hydroxylation sites is 2. The molecule has 172 valence electrons. The number of anilines is 2. The molecular weight excluding hydrogens is 488 g/mol. The largest absolute Gasteiger partial charge is 0.323 e. The van der Waals surface area contributed by atoms with Crippen LogP contribution in [-0.4, -0.2) is 20.9 Å². The Bertz CT molecular complexity index is 1360. The van der Waals surface area contributed by atoms with Crippen LogP contribution >= 0.6 is 23.4 Å². The molecule has 5 nitrogen and oxygen atoms in total. The first-order chi connectivity index (χ1) is 16.4. The van der Waals surface area contributed by atoms with Crippen molar-refractivity contribution in [1.82, 2.24) is 0 Å². The second-order valence-electron chi connectivity index (χ2n) is 7.26. The fourth-order valence-electron chi connectivity index (χ4n) is 3.24. The number of nitrogens with one attached hydrogen (secondary N) is 1. The number of carbonyl (C=O) groups excluding carboxylic acids is 1. The summed E-state index contributed by atoms with van der Waals surface area (Å²) in [5, 5.41) is 3.30. The number of amides is 1. The molecule has 1 N–H and O–H groups in total. The lowest BCUT2D eigenvalue weighted by atomic mass is 10.3. The highest BCUT2D eigenvalue weighted by Gasteiger charge is 2.27. The molecule has 4 aromatic carbocycles. The summed E-state index contributed by atoms with van der Waals surface area (Å²) in [5.74, 6) is -0.456. The lowest BCUT2D eigenvalue weighted by molar-refractivity contribution is -0.114. The number of halogens is 1. The molecule has 0 radical (unpaired) electrons. The highest BCUT2D eigenvalue weighted by atomic mass is 35.5. The van der Waals surface area contributed by atoms with Crippen LogP contribution in [0.2, 0.25) is 5.02 Å². The van der Waals surface area contributed by atoms with E-state index in [0.717, 1.165) is 14.1 Å². The highest BCUT2D eigenvalue weighted by molar-refractivity contribution is 7.99. The fourth-order valence-corrected chi connectivity index (χ4v) is 5.71. The minimum Gasteiger partial charge on any atom is -0.323 e. The van der Waals surface area contributed by atoms with E-state index in [9.17, 15) is 13.2 Å². The molecule has 0 fully saturated rings. The van der Waals surface area contributed by atoms with Crippen LogP contribution in [-0.2, 0) is 14.8 Å². The van der Waals surface area contributed by atoms with Gasteiger partial charge in [0.05, 0.1) is 16.3 Å². The zero-order valence-corrected chi connectivity index (χ0v) is 20.4. The number of sulfonamides is 1. The Labute approximate surface area is 208 Å². The Morgan fingerprint density at radius 1 is 0.794 bits per heavy atom. The van der Waals surface area contributed by atoms with Gasteiger partial charge in [-0.25, -0.2) is 8.42 Å². The monoisotopic (exact) mass is 508 g/mol. The first-order valence-electron chi connectivity index (χ1n) is 10.4. The first-order valence-corrected chi connectivity index (χ1v) is 13.0. The van der Waals surface area contributed by atoms with E-state index in [1.165, 1.54) is 36.0 Å². The molecule has 0 aliphatic rings. The van der Waals surface area contributed by atoms with E-state index >= 15 is 0 Å². The van der Waals surface area contributed by atoms with Crippen molar-refractivity contribution in [3.05, 3.63) is 114 Å². The van der Waals surface area contributed by atoms with Crippen LogP contribution in [0.5, 0.6) is 0 Å². The summed E-state index contributed by atoms with van der Waals surface area (Å²) in [7, 11) is -4.01. The molecule has 0 heterocycles. The van der Waals surface area contributed by atoms with Crippen LogP contribution < -0.4 is 9.62 Å². The molecule has 0 aliphatic carbocycles. The Balaban J connectivity index is 1.60. The molecule has 4 rings (SSSR count). The van der Waals surface area contributed by atoms with Gasteiger partial charge in [-0.1, -0.05) is 71.9 Å². The molecule has 0 saturated heterocycles. The zero-order valence-electron chi connectivity index (χ0n) is 18.0. The smallest absolute Gasteiger partial charge is 0.264 e. The van der Waals surface area contributed by atoms with Crippen LogP contribution in [0.15, 0.2) is 124 Å². The number of rotatable bonds is 8. The third kappa shape index (κ3) is 5.80. The van der Waals surface area contributed by atoms with Crippen molar-refractivity contribution in [3.8, 4) is 0 Å². The molecule has 1 amide bonds. The second-order valence-corrected chi connectivity index (χ2v) is 10.7. The van der Waals surface area contributed by atoms with Crippen LogP contribution in [0.1, 0.15) is 0 Å². The molecule has 0 saturated carbocycles. The van der Waals surface area contributed by atoms with Gasteiger partial charge in [-0.3, -0.25) is 9.10 Å². The summed E-state index contributed by atoms with van der Waals surface area (Å²) >= 11 is 7.45. The van der Waals surface area contributed by atoms with Crippen molar-refractivity contribution in [3.63, 3.8) is 0 Å². The Kier molecular flexibility index (Phi) is 7.57. The number of hydrogen-bond donors (Lipinski definition) is 1. The van der Waals surface area contributed by atoms with Gasteiger partial charge >= 0.3 is 0 Å². The standard InChI is InChI=1S/C26H21ClN2O3S2/c27-20-15-17-23(18-16-20)34(31,32)29(21-9-3-1-4-10-21)19-26(30)28-24-13-7-8-14-25(24)33-22-11-5-2-6-12-22/h1-18H,19H2,(H,28,30). The second kappa shape index (κ2) is 10.8. The third-order valence-corrected chi connectivity index (χ3v) is 7.99. The van der Waals surface area contributed by atoms with Gasteiger partial charge in [0.2, 0.25) is 5.91 Å². The number of nitrogens with zero attached hydrogens (tertiary/aromatic N) is 1. The van der Waals surface area contributed by atoms with Crippen molar-refractivity contribution >= 4 is 50.7 Å². The van der Waals surface area contributed by atoms with E-state index in [2.05, 4.69) is 5.32 Å². The number of hydrogen-bond acceptors (Lipinski definition) is 4. The van der Waals surface area contributed by atoms with E-state index in [1.54, 1.807) is 36.4 Å². The summed E-state index contributed by atoms with van der Waals surface area (Å²) in [6.07, 6.45) is 0. The van der Waals surface area contributed by atoms with Crippen molar-refractivity contribution < 1.29 is 13.2 Å². The maximum absolute atomic E-state index is 13.4. The molecule has 0 bridgehead atoms. The average Bonchev–Trinajstić information content (AvgIpc) is 2.85. The summed E-state index contributed by atoms with van der Waals surface area (Å²) < 4.78 is 28.0. The quantitative estimate of drug-likeness (QED) is 0.302. The van der Waals surface area contributed by atoms with Gasteiger partial charge in [0.25, 0.3) is 10.0 Å². The predicted octanol–water partition coefficient (Wildman–Crippen LogP) is 6.33. The average molecular weight is 509 g/mol. The minimum atomic E-state index is -4.01. The summed E-state index contributed by atoms with van der Waals surface area (Å²) in [4.78, 5) is 15.0. The van der Waals surface area contributed by atoms with Gasteiger partial charge in [-0.15, -0.1) is 0 Å². The maximum atomic E-state index is 13.4. The summed E-state index contributed by atoms with van der Waals surface area (Å²) in [5.41, 5.74) is 0.998. The summed E-state index contributed by atoms with van der Waals surface area (Å²) in [6, 6.07) is 31.6. The van der Waals surface area contributed by atoms with Crippen molar-refractivity contribution in [2.75, 3.05) is 16.2 Å². The number of benzene rings is 4. The Hall–Kier alpha value is -3.26. The first kappa shape index (κ1) is 23.9. The topological polar surface area (TPSA) is 66.5 Å².